The van der Waals surface area contributed by atoms with Crippen molar-refractivity contribution in [2.24, 2.45) is 0 Å². The lowest BCUT2D eigenvalue weighted by molar-refractivity contribution is -0.140. The minimum Gasteiger partial charge on any atom is -0.469 e. The van der Waals surface area contributed by atoms with Gasteiger partial charge in [-0.05, 0) is 11.6 Å². The van der Waals surface area contributed by atoms with Crippen LogP contribution < -0.4 is 0 Å². The lowest BCUT2D eigenvalue weighted by Crippen LogP contribution is -2.08. The van der Waals surface area contributed by atoms with Gasteiger partial charge >= 0.3 is 5.97 Å². The molecule has 1 aromatic rings. The zero-order valence-electron chi connectivity index (χ0n) is 9.27. The molecule has 0 amide bonds. The zero-order valence-corrected chi connectivity index (χ0v) is 10.8. The topological polar surface area (TPSA) is 39.2 Å². The molecule has 0 aromatic carbocycles. The molecule has 1 atom stereocenters. The first-order valence-electron chi connectivity index (χ1n) is 4.91. The number of ether oxygens (including phenoxy) is 1. The fraction of sp³-hybridized carbons (Fsp3) is 0.455. The van der Waals surface area contributed by atoms with Crippen molar-refractivity contribution in [3.05, 3.63) is 29.0 Å². The molecule has 5 heteroatoms. The Labute approximate surface area is 105 Å². The number of carbonyl (C=O) groups is 1. The molecule has 0 aliphatic rings. The molecule has 0 N–H and O–H groups in total. The third kappa shape index (κ3) is 4.41. The third-order valence-corrected chi connectivity index (χ3v) is 3.60. The van der Waals surface area contributed by atoms with Gasteiger partial charge < -0.3 is 4.74 Å². The second kappa shape index (κ2) is 6.76. The van der Waals surface area contributed by atoms with Gasteiger partial charge in [0, 0.05) is 17.2 Å². The van der Waals surface area contributed by atoms with Gasteiger partial charge in [0.05, 0.1) is 13.5 Å². The second-order valence-electron chi connectivity index (χ2n) is 3.36. The summed E-state index contributed by atoms with van der Waals surface area (Å²) in [5.41, 5.74) is 0.992. The monoisotopic (exact) mass is 259 g/mol. The first-order valence-corrected chi connectivity index (χ1v) is 6.34. The number of nitrogens with zero attached hydrogens (tertiary/aromatic N) is 1. The molecule has 1 unspecified atom stereocenters. The van der Waals surface area contributed by atoms with Crippen LogP contribution >= 0.6 is 23.4 Å². The van der Waals surface area contributed by atoms with Gasteiger partial charge in [0.15, 0.2) is 0 Å². The fourth-order valence-electron chi connectivity index (χ4n) is 1.14. The highest BCUT2D eigenvalue weighted by Gasteiger charge is 2.10. The molecule has 3 nitrogen and oxygen atoms in total. The van der Waals surface area contributed by atoms with Gasteiger partial charge in [0.2, 0.25) is 0 Å². The maximum atomic E-state index is 11.0. The summed E-state index contributed by atoms with van der Waals surface area (Å²) in [5, 5.41) is 0.740. The van der Waals surface area contributed by atoms with Gasteiger partial charge in [-0.3, -0.25) is 4.79 Å². The van der Waals surface area contributed by atoms with Crippen LogP contribution in [0.15, 0.2) is 18.3 Å². The molecular weight excluding hydrogens is 246 g/mol. The highest BCUT2D eigenvalue weighted by Crippen LogP contribution is 2.23. The number of rotatable bonds is 5. The summed E-state index contributed by atoms with van der Waals surface area (Å²) in [6.07, 6.45) is 2.08. The number of thioether (sulfide) groups is 1. The number of hydrogen-bond donors (Lipinski definition) is 0. The number of hydrogen-bond acceptors (Lipinski definition) is 4. The van der Waals surface area contributed by atoms with Gasteiger partial charge in [-0.2, -0.15) is 11.8 Å². The number of methoxy groups -OCH3 is 1. The van der Waals surface area contributed by atoms with E-state index in [0.717, 1.165) is 11.3 Å². The number of aromatic nitrogens is 1. The van der Waals surface area contributed by atoms with Crippen LogP contribution in [-0.4, -0.2) is 23.3 Å². The number of esters is 1. The Bertz CT molecular complexity index is 360. The largest absolute Gasteiger partial charge is 0.469 e. The number of halogens is 1. The molecule has 88 valence electrons. The van der Waals surface area contributed by atoms with Crippen LogP contribution in [0, 0.1) is 0 Å². The van der Waals surface area contributed by atoms with Crippen molar-refractivity contribution in [1.29, 1.82) is 0 Å². The maximum absolute atomic E-state index is 11.0. The smallest absolute Gasteiger partial charge is 0.306 e. The minimum absolute atomic E-state index is 0.183. The maximum Gasteiger partial charge on any atom is 0.306 e. The van der Waals surface area contributed by atoms with Gasteiger partial charge in [0.25, 0.3) is 0 Å². The average Bonchev–Trinajstić information content (AvgIpc) is 2.28. The number of pyridine rings is 1. The third-order valence-electron chi connectivity index (χ3n) is 2.04. The molecule has 1 aromatic heterocycles. The lowest BCUT2D eigenvalue weighted by atomic mass is 10.3. The molecule has 0 saturated heterocycles. The Kier molecular flexibility index (Phi) is 5.63. The SMILES string of the molecule is COC(=O)CC(C)SCc1cccnc1Cl. The van der Waals surface area contributed by atoms with Gasteiger partial charge in [0.1, 0.15) is 5.15 Å². The Morgan fingerprint density at radius 3 is 3.06 bits per heavy atom. The summed E-state index contributed by atoms with van der Waals surface area (Å²) in [6.45, 7) is 1.99. The van der Waals surface area contributed by atoms with Crippen LogP contribution in [0.2, 0.25) is 5.15 Å². The van der Waals surface area contributed by atoms with Crippen molar-refractivity contribution in [3.8, 4) is 0 Å². The van der Waals surface area contributed by atoms with Crippen LogP contribution in [0.25, 0.3) is 0 Å². The normalized spacial score (nSPS) is 12.2. The van der Waals surface area contributed by atoms with Crippen LogP contribution in [0.1, 0.15) is 18.9 Å². The van der Waals surface area contributed by atoms with Crippen LogP contribution in [-0.2, 0) is 15.3 Å². The Balaban J connectivity index is 2.40. The standard InChI is InChI=1S/C11H14ClNO2S/c1-8(6-10(14)15-2)16-7-9-4-3-5-13-11(9)12/h3-5,8H,6-7H2,1-2H3. The Hall–Kier alpha value is -0.740. The predicted molar refractivity (Wildman–Crippen MR) is 66.6 cm³/mol. The average molecular weight is 260 g/mol. The van der Waals surface area contributed by atoms with Crippen molar-refractivity contribution in [2.75, 3.05) is 7.11 Å². The van der Waals surface area contributed by atoms with Crippen LogP contribution in [0.3, 0.4) is 0 Å². The lowest BCUT2D eigenvalue weighted by Gasteiger charge is -2.09. The van der Waals surface area contributed by atoms with E-state index in [1.807, 2.05) is 19.1 Å². The fourth-order valence-corrected chi connectivity index (χ4v) is 2.35. The van der Waals surface area contributed by atoms with Gasteiger partial charge in [-0.15, -0.1) is 0 Å². The van der Waals surface area contributed by atoms with E-state index in [1.54, 1.807) is 18.0 Å². The van der Waals surface area contributed by atoms with E-state index in [9.17, 15) is 4.79 Å². The van der Waals surface area contributed by atoms with E-state index in [-0.39, 0.29) is 11.2 Å². The Morgan fingerprint density at radius 2 is 2.44 bits per heavy atom. The van der Waals surface area contributed by atoms with E-state index >= 15 is 0 Å². The molecule has 0 fully saturated rings. The summed E-state index contributed by atoms with van der Waals surface area (Å²) >= 11 is 7.59. The van der Waals surface area contributed by atoms with Crippen LogP contribution in [0.5, 0.6) is 0 Å². The molecule has 0 aliphatic heterocycles. The first kappa shape index (κ1) is 13.3. The molecule has 0 bridgehead atoms. The van der Waals surface area contributed by atoms with E-state index in [1.165, 1.54) is 7.11 Å². The number of carbonyl (C=O) groups excluding carboxylic acids is 1. The molecule has 0 radical (unpaired) electrons. The Morgan fingerprint density at radius 1 is 1.69 bits per heavy atom. The van der Waals surface area contributed by atoms with Crippen molar-refractivity contribution in [2.45, 2.75) is 24.3 Å². The van der Waals surface area contributed by atoms with Crippen molar-refractivity contribution < 1.29 is 9.53 Å². The highest BCUT2D eigenvalue weighted by molar-refractivity contribution is 7.99. The molecule has 0 saturated carbocycles. The van der Waals surface area contributed by atoms with Gasteiger partial charge in [-0.1, -0.05) is 24.6 Å². The van der Waals surface area contributed by atoms with E-state index in [2.05, 4.69) is 9.72 Å². The quantitative estimate of drug-likeness (QED) is 0.602. The summed E-state index contributed by atoms with van der Waals surface area (Å²) in [7, 11) is 1.40. The van der Waals surface area contributed by atoms with E-state index < -0.39 is 0 Å². The molecule has 1 rings (SSSR count). The first-order chi connectivity index (χ1) is 7.63. The van der Waals surface area contributed by atoms with Crippen molar-refractivity contribution >= 4 is 29.3 Å². The van der Waals surface area contributed by atoms with Crippen molar-refractivity contribution in [1.82, 2.24) is 4.98 Å². The molecule has 0 aliphatic carbocycles. The molecule has 1 heterocycles. The molecule has 16 heavy (non-hydrogen) atoms. The van der Waals surface area contributed by atoms with E-state index in [4.69, 9.17) is 11.6 Å². The zero-order chi connectivity index (χ0) is 12.0. The highest BCUT2D eigenvalue weighted by atomic mass is 35.5. The molecule has 0 spiro atoms. The van der Waals surface area contributed by atoms with Gasteiger partial charge in [-0.25, -0.2) is 4.98 Å². The summed E-state index contributed by atoms with van der Waals surface area (Å²) in [4.78, 5) is 15.0. The summed E-state index contributed by atoms with van der Waals surface area (Å²) in [6, 6.07) is 3.79. The second-order valence-corrected chi connectivity index (χ2v) is 5.14. The summed E-state index contributed by atoms with van der Waals surface area (Å²) < 4.78 is 4.61. The molecular formula is C11H14ClNO2S. The summed E-state index contributed by atoms with van der Waals surface area (Å²) in [5.74, 6) is 0.572. The van der Waals surface area contributed by atoms with Crippen LogP contribution in [0.4, 0.5) is 0 Å². The van der Waals surface area contributed by atoms with E-state index in [0.29, 0.717) is 11.6 Å². The van der Waals surface area contributed by atoms with Crippen molar-refractivity contribution in [3.63, 3.8) is 0 Å². The minimum atomic E-state index is -0.183. The predicted octanol–water partition coefficient (Wildman–Crippen LogP) is 2.92.